The summed E-state index contributed by atoms with van der Waals surface area (Å²) in [5.41, 5.74) is 2.81. The van der Waals surface area contributed by atoms with Crippen molar-refractivity contribution in [3.8, 4) is 5.75 Å². The SMILES string of the molecule is Cc1ccc2c(c1)/C(=C/C(=O)O)CC1(CCCC1)O2. The first kappa shape index (κ1) is 12.3. The zero-order valence-corrected chi connectivity index (χ0v) is 11.1. The number of carbonyl (C=O) groups is 1. The van der Waals surface area contributed by atoms with Crippen molar-refractivity contribution in [3.05, 3.63) is 35.4 Å². The van der Waals surface area contributed by atoms with Crippen LogP contribution in [-0.2, 0) is 4.79 Å². The first-order valence-corrected chi connectivity index (χ1v) is 6.82. The maximum absolute atomic E-state index is 11.0. The number of hydrogen-bond donors (Lipinski definition) is 1. The lowest BCUT2D eigenvalue weighted by Gasteiger charge is -2.37. The Labute approximate surface area is 112 Å². The second-order valence-corrected chi connectivity index (χ2v) is 5.68. The van der Waals surface area contributed by atoms with Crippen LogP contribution in [0.3, 0.4) is 0 Å². The maximum atomic E-state index is 11.0. The summed E-state index contributed by atoms with van der Waals surface area (Å²) in [6.45, 7) is 2.01. The van der Waals surface area contributed by atoms with Crippen LogP contribution in [0.1, 0.15) is 43.2 Å². The van der Waals surface area contributed by atoms with Crippen molar-refractivity contribution < 1.29 is 14.6 Å². The van der Waals surface area contributed by atoms with Gasteiger partial charge in [0.05, 0.1) is 0 Å². The third-order valence-electron chi connectivity index (χ3n) is 4.13. The topological polar surface area (TPSA) is 46.5 Å². The van der Waals surface area contributed by atoms with E-state index in [2.05, 4.69) is 0 Å². The Morgan fingerprint density at radius 3 is 2.79 bits per heavy atom. The fourth-order valence-corrected chi connectivity index (χ4v) is 3.27. The van der Waals surface area contributed by atoms with Crippen LogP contribution in [0.2, 0.25) is 0 Å². The fraction of sp³-hybridized carbons (Fsp3) is 0.438. The minimum Gasteiger partial charge on any atom is -0.486 e. The van der Waals surface area contributed by atoms with Gasteiger partial charge in [0.25, 0.3) is 0 Å². The van der Waals surface area contributed by atoms with Crippen molar-refractivity contribution in [1.29, 1.82) is 0 Å². The Bertz CT molecular complexity index is 551. The number of carboxylic acid groups (broad SMARTS) is 1. The number of fused-ring (bicyclic) bond motifs is 1. The van der Waals surface area contributed by atoms with E-state index in [9.17, 15) is 4.79 Å². The standard InChI is InChI=1S/C16H18O3/c1-11-4-5-14-13(8-11)12(9-15(17)18)10-16(19-14)6-2-3-7-16/h4-5,8-9H,2-3,6-7,10H2,1H3,(H,17,18)/b12-9+. The highest BCUT2D eigenvalue weighted by Crippen LogP contribution is 2.47. The first-order valence-electron chi connectivity index (χ1n) is 6.82. The molecular weight excluding hydrogens is 240 g/mol. The summed E-state index contributed by atoms with van der Waals surface area (Å²) in [7, 11) is 0. The summed E-state index contributed by atoms with van der Waals surface area (Å²) in [4.78, 5) is 11.0. The lowest BCUT2D eigenvalue weighted by Crippen LogP contribution is -2.36. The summed E-state index contributed by atoms with van der Waals surface area (Å²) >= 11 is 0. The molecule has 1 aliphatic carbocycles. The second kappa shape index (κ2) is 4.41. The molecule has 19 heavy (non-hydrogen) atoms. The molecule has 0 atom stereocenters. The molecule has 0 radical (unpaired) electrons. The Balaban J connectivity index is 2.08. The zero-order chi connectivity index (χ0) is 13.5. The van der Waals surface area contributed by atoms with Crippen LogP contribution in [0.5, 0.6) is 5.75 Å². The fourth-order valence-electron chi connectivity index (χ4n) is 3.27. The van der Waals surface area contributed by atoms with Crippen molar-refractivity contribution >= 4 is 11.5 Å². The summed E-state index contributed by atoms with van der Waals surface area (Å²) in [6.07, 6.45) is 6.45. The van der Waals surface area contributed by atoms with Gasteiger partial charge in [-0.25, -0.2) is 4.79 Å². The number of benzene rings is 1. The van der Waals surface area contributed by atoms with Crippen molar-refractivity contribution in [1.82, 2.24) is 0 Å². The molecular formula is C16H18O3. The molecule has 2 aliphatic rings. The summed E-state index contributed by atoms with van der Waals surface area (Å²) in [5, 5.41) is 9.07. The van der Waals surface area contributed by atoms with Gasteiger partial charge in [0.2, 0.25) is 0 Å². The molecule has 1 N–H and O–H groups in total. The van der Waals surface area contributed by atoms with Crippen LogP contribution >= 0.6 is 0 Å². The average Bonchev–Trinajstić information content (AvgIpc) is 2.78. The first-order chi connectivity index (χ1) is 9.08. The number of carboxylic acids is 1. The van der Waals surface area contributed by atoms with E-state index in [1.165, 1.54) is 18.9 Å². The third kappa shape index (κ3) is 2.25. The van der Waals surface area contributed by atoms with Gasteiger partial charge in [-0.3, -0.25) is 0 Å². The van der Waals surface area contributed by atoms with Gasteiger partial charge in [0, 0.05) is 18.1 Å². The highest BCUT2D eigenvalue weighted by atomic mass is 16.5. The number of aryl methyl sites for hydroxylation is 1. The lowest BCUT2D eigenvalue weighted by atomic mass is 9.85. The van der Waals surface area contributed by atoms with Crippen molar-refractivity contribution in [2.24, 2.45) is 0 Å². The molecule has 0 bridgehead atoms. The molecule has 1 aliphatic heterocycles. The summed E-state index contributed by atoms with van der Waals surface area (Å²) < 4.78 is 6.21. The van der Waals surface area contributed by atoms with E-state index in [1.807, 2.05) is 25.1 Å². The zero-order valence-electron chi connectivity index (χ0n) is 11.1. The van der Waals surface area contributed by atoms with Gasteiger partial charge in [0.1, 0.15) is 11.4 Å². The van der Waals surface area contributed by atoms with Gasteiger partial charge >= 0.3 is 5.97 Å². The Kier molecular flexibility index (Phi) is 2.85. The highest BCUT2D eigenvalue weighted by molar-refractivity contribution is 5.91. The number of hydrogen-bond acceptors (Lipinski definition) is 2. The molecule has 3 heteroatoms. The monoisotopic (exact) mass is 258 g/mol. The number of aliphatic carboxylic acids is 1. The second-order valence-electron chi connectivity index (χ2n) is 5.68. The minimum atomic E-state index is -0.877. The largest absolute Gasteiger partial charge is 0.486 e. The molecule has 3 rings (SSSR count). The third-order valence-corrected chi connectivity index (χ3v) is 4.13. The predicted molar refractivity (Wildman–Crippen MR) is 73.2 cm³/mol. The summed E-state index contributed by atoms with van der Waals surface area (Å²) in [6, 6.07) is 6.01. The van der Waals surface area contributed by atoms with Crippen LogP contribution in [0.15, 0.2) is 24.3 Å². The van der Waals surface area contributed by atoms with E-state index in [0.29, 0.717) is 0 Å². The highest BCUT2D eigenvalue weighted by Gasteiger charge is 2.41. The smallest absolute Gasteiger partial charge is 0.328 e. The minimum absolute atomic E-state index is 0.163. The Hall–Kier alpha value is -1.77. The lowest BCUT2D eigenvalue weighted by molar-refractivity contribution is -0.131. The molecule has 1 aromatic carbocycles. The summed E-state index contributed by atoms with van der Waals surface area (Å²) in [5.74, 6) is -0.0382. The van der Waals surface area contributed by atoms with Gasteiger partial charge in [-0.2, -0.15) is 0 Å². The molecule has 3 nitrogen and oxygen atoms in total. The van der Waals surface area contributed by atoms with Gasteiger partial charge in [-0.05, 0) is 50.3 Å². The molecule has 1 fully saturated rings. The van der Waals surface area contributed by atoms with Crippen molar-refractivity contribution in [2.75, 3.05) is 0 Å². The average molecular weight is 258 g/mol. The molecule has 1 spiro atoms. The molecule has 0 unspecified atom stereocenters. The normalized spacial score (nSPS) is 22.3. The van der Waals surface area contributed by atoms with Crippen molar-refractivity contribution in [2.45, 2.75) is 44.6 Å². The van der Waals surface area contributed by atoms with Gasteiger partial charge < -0.3 is 9.84 Å². The van der Waals surface area contributed by atoms with E-state index in [1.54, 1.807) is 0 Å². The molecule has 0 saturated heterocycles. The molecule has 0 aromatic heterocycles. The Morgan fingerprint density at radius 1 is 1.37 bits per heavy atom. The van der Waals surface area contributed by atoms with Gasteiger partial charge in [-0.15, -0.1) is 0 Å². The molecule has 1 aromatic rings. The van der Waals surface area contributed by atoms with E-state index in [-0.39, 0.29) is 5.60 Å². The quantitative estimate of drug-likeness (QED) is 0.783. The van der Waals surface area contributed by atoms with E-state index in [4.69, 9.17) is 9.84 Å². The molecule has 1 saturated carbocycles. The van der Waals surface area contributed by atoms with Crippen molar-refractivity contribution in [3.63, 3.8) is 0 Å². The van der Waals surface area contributed by atoms with Crippen LogP contribution in [0.25, 0.3) is 5.57 Å². The maximum Gasteiger partial charge on any atom is 0.328 e. The number of rotatable bonds is 1. The molecule has 100 valence electrons. The van der Waals surface area contributed by atoms with Crippen LogP contribution < -0.4 is 4.74 Å². The van der Waals surface area contributed by atoms with Gasteiger partial charge in [0.15, 0.2) is 0 Å². The van der Waals surface area contributed by atoms with E-state index < -0.39 is 5.97 Å². The Morgan fingerprint density at radius 2 is 2.11 bits per heavy atom. The van der Waals surface area contributed by atoms with Crippen LogP contribution in [0, 0.1) is 6.92 Å². The predicted octanol–water partition coefficient (Wildman–Crippen LogP) is 3.56. The van der Waals surface area contributed by atoms with Gasteiger partial charge in [-0.1, -0.05) is 11.6 Å². The van der Waals surface area contributed by atoms with Crippen LogP contribution in [0.4, 0.5) is 0 Å². The number of ether oxygens (including phenoxy) is 1. The van der Waals surface area contributed by atoms with E-state index in [0.717, 1.165) is 41.7 Å². The van der Waals surface area contributed by atoms with E-state index >= 15 is 0 Å². The molecule has 0 amide bonds. The molecule has 1 heterocycles. The van der Waals surface area contributed by atoms with Crippen LogP contribution in [-0.4, -0.2) is 16.7 Å².